The topological polar surface area (TPSA) is 85.3 Å². The number of likely N-dealkylation sites (tertiary alicyclic amines) is 1. The smallest absolute Gasteiger partial charge is 0.326 e. The molecule has 1 atom stereocenters. The van der Waals surface area contributed by atoms with E-state index in [2.05, 4.69) is 0 Å². The fourth-order valence-corrected chi connectivity index (χ4v) is 3.10. The molecule has 0 aromatic heterocycles. The van der Waals surface area contributed by atoms with E-state index in [-0.39, 0.29) is 5.91 Å². The van der Waals surface area contributed by atoms with Crippen LogP contribution in [-0.2, 0) is 9.59 Å². The van der Waals surface area contributed by atoms with Gasteiger partial charge in [-0.3, -0.25) is 4.79 Å². The Morgan fingerprint density at radius 2 is 2.08 bits per heavy atom. The molecule has 1 amide bonds. The molecule has 0 bridgehead atoms. The third kappa shape index (κ3) is 3.70. The SMILES string of the molecule is COc1cc(C=CC(=O)N2CCCCC2C(=O)O)cc2c1OCCO2. The number of benzene rings is 1. The van der Waals surface area contributed by atoms with Crippen LogP contribution in [0.25, 0.3) is 6.08 Å². The van der Waals surface area contributed by atoms with E-state index < -0.39 is 12.0 Å². The maximum atomic E-state index is 12.4. The highest BCUT2D eigenvalue weighted by Gasteiger charge is 2.30. The summed E-state index contributed by atoms with van der Waals surface area (Å²) >= 11 is 0. The number of hydrogen-bond donors (Lipinski definition) is 1. The predicted molar refractivity (Wildman–Crippen MR) is 90.0 cm³/mol. The fraction of sp³-hybridized carbons (Fsp3) is 0.444. The van der Waals surface area contributed by atoms with Crippen LogP contribution >= 0.6 is 0 Å². The van der Waals surface area contributed by atoms with Crippen molar-refractivity contribution in [3.05, 3.63) is 23.8 Å². The number of methoxy groups -OCH3 is 1. The van der Waals surface area contributed by atoms with Crippen molar-refractivity contribution in [3.8, 4) is 17.2 Å². The van der Waals surface area contributed by atoms with Gasteiger partial charge in [-0.05, 0) is 43.0 Å². The molecule has 7 heteroatoms. The van der Waals surface area contributed by atoms with Gasteiger partial charge in [-0.15, -0.1) is 0 Å². The molecule has 2 aliphatic heterocycles. The Kier molecular flexibility index (Phi) is 5.11. The van der Waals surface area contributed by atoms with Crippen LogP contribution in [0.2, 0.25) is 0 Å². The summed E-state index contributed by atoms with van der Waals surface area (Å²) in [7, 11) is 1.54. The van der Waals surface area contributed by atoms with Gasteiger partial charge in [0.25, 0.3) is 0 Å². The number of aliphatic carboxylic acids is 1. The summed E-state index contributed by atoms with van der Waals surface area (Å²) in [5, 5.41) is 9.28. The molecule has 1 saturated heterocycles. The molecule has 0 aliphatic carbocycles. The summed E-state index contributed by atoms with van der Waals surface area (Å²) in [6.45, 7) is 1.38. The summed E-state index contributed by atoms with van der Waals surface area (Å²) in [6.07, 6.45) is 5.17. The lowest BCUT2D eigenvalue weighted by atomic mass is 10.0. The highest BCUT2D eigenvalue weighted by molar-refractivity contribution is 5.94. The zero-order valence-electron chi connectivity index (χ0n) is 14.1. The highest BCUT2D eigenvalue weighted by Crippen LogP contribution is 2.40. The van der Waals surface area contributed by atoms with Gasteiger partial charge in [-0.25, -0.2) is 4.79 Å². The fourth-order valence-electron chi connectivity index (χ4n) is 3.10. The first-order chi connectivity index (χ1) is 12.1. The van der Waals surface area contributed by atoms with Crippen molar-refractivity contribution in [1.29, 1.82) is 0 Å². The average molecular weight is 347 g/mol. The lowest BCUT2D eigenvalue weighted by molar-refractivity contribution is -0.150. The molecule has 1 fully saturated rings. The molecule has 0 saturated carbocycles. The van der Waals surface area contributed by atoms with Crippen molar-refractivity contribution < 1.29 is 28.9 Å². The van der Waals surface area contributed by atoms with Crippen LogP contribution in [0.3, 0.4) is 0 Å². The second-order valence-corrected chi connectivity index (χ2v) is 5.96. The van der Waals surface area contributed by atoms with Crippen LogP contribution < -0.4 is 14.2 Å². The Morgan fingerprint density at radius 3 is 2.84 bits per heavy atom. The molecule has 3 rings (SSSR count). The summed E-state index contributed by atoms with van der Waals surface area (Å²) in [5.74, 6) is 0.396. The third-order valence-electron chi connectivity index (χ3n) is 4.34. The molecule has 1 aromatic carbocycles. The number of carbonyl (C=O) groups is 2. The summed E-state index contributed by atoms with van der Waals surface area (Å²) in [5.41, 5.74) is 0.721. The largest absolute Gasteiger partial charge is 0.493 e. The quantitative estimate of drug-likeness (QED) is 0.838. The van der Waals surface area contributed by atoms with Gasteiger partial charge in [0.2, 0.25) is 11.7 Å². The lowest BCUT2D eigenvalue weighted by Gasteiger charge is -2.32. The van der Waals surface area contributed by atoms with Gasteiger partial charge in [0, 0.05) is 12.6 Å². The minimum atomic E-state index is -0.956. The third-order valence-corrected chi connectivity index (χ3v) is 4.34. The molecule has 1 unspecified atom stereocenters. The van der Waals surface area contributed by atoms with Crippen LogP contribution in [0.4, 0.5) is 0 Å². The van der Waals surface area contributed by atoms with Gasteiger partial charge in [0.1, 0.15) is 19.3 Å². The maximum absolute atomic E-state index is 12.4. The molecule has 2 heterocycles. The van der Waals surface area contributed by atoms with E-state index in [0.29, 0.717) is 43.4 Å². The number of ether oxygens (including phenoxy) is 3. The number of carboxylic acid groups (broad SMARTS) is 1. The molecular weight excluding hydrogens is 326 g/mol. The molecule has 2 aliphatic rings. The Labute approximate surface area is 145 Å². The Hall–Kier alpha value is -2.70. The van der Waals surface area contributed by atoms with E-state index in [1.807, 2.05) is 0 Å². The van der Waals surface area contributed by atoms with Crippen molar-refractivity contribution in [1.82, 2.24) is 4.90 Å². The van der Waals surface area contributed by atoms with Gasteiger partial charge < -0.3 is 24.2 Å². The Morgan fingerprint density at radius 1 is 1.28 bits per heavy atom. The van der Waals surface area contributed by atoms with E-state index in [1.165, 1.54) is 18.1 Å². The van der Waals surface area contributed by atoms with Gasteiger partial charge in [0.05, 0.1) is 7.11 Å². The van der Waals surface area contributed by atoms with E-state index >= 15 is 0 Å². The minimum absolute atomic E-state index is 0.305. The van der Waals surface area contributed by atoms with Crippen LogP contribution in [0, 0.1) is 0 Å². The minimum Gasteiger partial charge on any atom is -0.493 e. The number of rotatable bonds is 4. The van der Waals surface area contributed by atoms with Crippen molar-refractivity contribution in [2.24, 2.45) is 0 Å². The number of amides is 1. The molecular formula is C18H21NO6. The van der Waals surface area contributed by atoms with Gasteiger partial charge in [0.15, 0.2) is 11.5 Å². The van der Waals surface area contributed by atoms with Crippen LogP contribution in [0.1, 0.15) is 24.8 Å². The van der Waals surface area contributed by atoms with Crippen molar-refractivity contribution in [2.75, 3.05) is 26.9 Å². The summed E-state index contributed by atoms with van der Waals surface area (Å²) < 4.78 is 16.4. The number of fused-ring (bicyclic) bond motifs is 1. The predicted octanol–water partition coefficient (Wildman–Crippen LogP) is 1.95. The second kappa shape index (κ2) is 7.46. The van der Waals surface area contributed by atoms with Gasteiger partial charge in [-0.2, -0.15) is 0 Å². The van der Waals surface area contributed by atoms with Gasteiger partial charge in [-0.1, -0.05) is 0 Å². The number of carboxylic acids is 1. The Bertz CT molecular complexity index is 682. The average Bonchev–Trinajstić information content (AvgIpc) is 2.65. The van der Waals surface area contributed by atoms with Gasteiger partial charge >= 0.3 is 5.97 Å². The molecule has 1 aromatic rings. The molecule has 1 N–H and O–H groups in total. The van der Waals surface area contributed by atoms with E-state index in [4.69, 9.17) is 14.2 Å². The maximum Gasteiger partial charge on any atom is 0.326 e. The van der Waals surface area contributed by atoms with Crippen molar-refractivity contribution in [3.63, 3.8) is 0 Å². The van der Waals surface area contributed by atoms with E-state index in [9.17, 15) is 14.7 Å². The standard InChI is InChI=1S/C18H21NO6/c1-23-14-10-12(11-15-17(14)25-9-8-24-15)5-6-16(20)19-7-3-2-4-13(19)18(21)22/h5-6,10-11,13H,2-4,7-9H2,1H3,(H,21,22). The molecule has 134 valence electrons. The molecule has 0 radical (unpaired) electrons. The highest BCUT2D eigenvalue weighted by atomic mass is 16.6. The van der Waals surface area contributed by atoms with Crippen molar-refractivity contribution >= 4 is 18.0 Å². The second-order valence-electron chi connectivity index (χ2n) is 5.96. The van der Waals surface area contributed by atoms with Crippen LogP contribution in [0.5, 0.6) is 17.2 Å². The molecule has 0 spiro atoms. The molecule has 7 nitrogen and oxygen atoms in total. The zero-order valence-corrected chi connectivity index (χ0v) is 14.1. The van der Waals surface area contributed by atoms with Crippen LogP contribution in [0.15, 0.2) is 18.2 Å². The normalized spacial score (nSPS) is 19.7. The number of nitrogens with zero attached hydrogens (tertiary/aromatic N) is 1. The summed E-state index contributed by atoms with van der Waals surface area (Å²) in [4.78, 5) is 25.2. The first-order valence-corrected chi connectivity index (χ1v) is 8.29. The first-order valence-electron chi connectivity index (χ1n) is 8.29. The lowest BCUT2D eigenvalue weighted by Crippen LogP contribution is -2.47. The number of piperidine rings is 1. The van der Waals surface area contributed by atoms with Crippen LogP contribution in [-0.4, -0.2) is 54.8 Å². The zero-order chi connectivity index (χ0) is 17.8. The summed E-state index contributed by atoms with van der Waals surface area (Å²) in [6, 6.07) is 2.77. The van der Waals surface area contributed by atoms with E-state index in [0.717, 1.165) is 18.4 Å². The number of carbonyl (C=O) groups excluding carboxylic acids is 1. The van der Waals surface area contributed by atoms with E-state index in [1.54, 1.807) is 18.2 Å². The first kappa shape index (κ1) is 17.1. The van der Waals surface area contributed by atoms with Crippen molar-refractivity contribution in [2.45, 2.75) is 25.3 Å². The Balaban J connectivity index is 1.79. The number of hydrogen-bond acceptors (Lipinski definition) is 5. The molecule has 25 heavy (non-hydrogen) atoms. The monoisotopic (exact) mass is 347 g/mol.